The van der Waals surface area contributed by atoms with Gasteiger partial charge in [0.2, 0.25) is 0 Å². The fourth-order valence-electron chi connectivity index (χ4n) is 3.59. The average Bonchev–Trinajstić information content (AvgIpc) is 2.98. The van der Waals surface area contributed by atoms with E-state index in [0.29, 0.717) is 25.1 Å². The van der Waals surface area contributed by atoms with E-state index in [2.05, 4.69) is 15.3 Å². The van der Waals surface area contributed by atoms with Gasteiger partial charge in [-0.1, -0.05) is 6.07 Å². The number of thioether (sulfide) groups is 1. The molecule has 144 valence electrons. The number of hydrogen-bond acceptors (Lipinski definition) is 6. The highest BCUT2D eigenvalue weighted by atomic mass is 32.2. The summed E-state index contributed by atoms with van der Waals surface area (Å²) in [5, 5.41) is 2.90. The van der Waals surface area contributed by atoms with Crippen LogP contribution in [0.4, 0.5) is 10.5 Å². The topological polar surface area (TPSA) is 95.5 Å². The summed E-state index contributed by atoms with van der Waals surface area (Å²) in [5.41, 5.74) is 0.811. The maximum Gasteiger partial charge on any atom is 0.332 e. The maximum atomic E-state index is 13.0. The van der Waals surface area contributed by atoms with E-state index in [1.807, 2.05) is 24.5 Å². The van der Waals surface area contributed by atoms with Crippen molar-refractivity contribution in [2.45, 2.75) is 29.8 Å². The van der Waals surface area contributed by atoms with Gasteiger partial charge < -0.3 is 10.2 Å². The third-order valence-electron chi connectivity index (χ3n) is 4.99. The van der Waals surface area contributed by atoms with Gasteiger partial charge in [-0.2, -0.15) is 0 Å². The van der Waals surface area contributed by atoms with Gasteiger partial charge in [0.15, 0.2) is 0 Å². The van der Waals surface area contributed by atoms with E-state index in [1.54, 1.807) is 22.7 Å². The number of rotatable bonds is 4. The highest BCUT2D eigenvalue weighted by molar-refractivity contribution is 7.98. The van der Waals surface area contributed by atoms with Crippen LogP contribution in [0.5, 0.6) is 0 Å². The Hall–Kier alpha value is -2.94. The molecule has 4 rings (SSSR count). The van der Waals surface area contributed by atoms with Crippen molar-refractivity contribution in [1.82, 2.24) is 20.2 Å². The van der Waals surface area contributed by atoms with E-state index in [4.69, 9.17) is 0 Å². The first-order chi connectivity index (χ1) is 13.6. The number of aromatic nitrogens is 2. The Labute approximate surface area is 166 Å². The summed E-state index contributed by atoms with van der Waals surface area (Å²) in [7, 11) is 0. The van der Waals surface area contributed by atoms with Crippen molar-refractivity contribution in [3.63, 3.8) is 0 Å². The predicted octanol–water partition coefficient (Wildman–Crippen LogP) is 1.93. The summed E-state index contributed by atoms with van der Waals surface area (Å²) in [6.45, 7) is 0.416. The molecule has 2 aliphatic heterocycles. The number of nitrogens with one attached hydrogen (secondary N) is 1. The summed E-state index contributed by atoms with van der Waals surface area (Å²) in [4.78, 5) is 49.8. The molecule has 0 aliphatic carbocycles. The molecule has 2 aromatic rings. The Bertz CT molecular complexity index is 923. The predicted molar refractivity (Wildman–Crippen MR) is 104 cm³/mol. The van der Waals surface area contributed by atoms with Crippen molar-refractivity contribution in [3.8, 4) is 0 Å². The number of imide groups is 1. The molecule has 28 heavy (non-hydrogen) atoms. The Balaban J connectivity index is 1.49. The highest BCUT2D eigenvalue weighted by Gasteiger charge is 2.48. The fraction of sp³-hybridized carbons (Fsp3) is 0.316. The zero-order valence-electron chi connectivity index (χ0n) is 15.2. The number of amides is 4. The van der Waals surface area contributed by atoms with Gasteiger partial charge in [0.25, 0.3) is 11.8 Å². The van der Waals surface area contributed by atoms with Gasteiger partial charge in [-0.25, -0.2) is 14.7 Å². The van der Waals surface area contributed by atoms with Gasteiger partial charge in [0.1, 0.15) is 11.7 Å². The third-order valence-corrected chi connectivity index (χ3v) is 5.71. The minimum atomic E-state index is -0.564. The molecule has 3 heterocycles. The molecule has 0 spiro atoms. The molecule has 4 amide bonds. The van der Waals surface area contributed by atoms with Gasteiger partial charge in [0, 0.05) is 29.9 Å². The largest absolute Gasteiger partial charge is 0.348 e. The average molecular weight is 397 g/mol. The quantitative estimate of drug-likeness (QED) is 0.626. The monoisotopic (exact) mass is 397 g/mol. The molecule has 1 N–H and O–H groups in total. The molecule has 0 bridgehead atoms. The first kappa shape index (κ1) is 18.4. The molecule has 2 saturated heterocycles. The van der Waals surface area contributed by atoms with Gasteiger partial charge in [-0.05, 0) is 37.3 Å². The van der Waals surface area contributed by atoms with Gasteiger partial charge in [0.05, 0.1) is 11.9 Å². The van der Waals surface area contributed by atoms with Crippen molar-refractivity contribution in [3.05, 3.63) is 48.5 Å². The van der Waals surface area contributed by atoms with E-state index in [9.17, 15) is 14.4 Å². The van der Waals surface area contributed by atoms with Crippen LogP contribution in [0.15, 0.2) is 47.8 Å². The normalized spacial score (nSPS) is 21.6. The molecule has 2 fully saturated rings. The summed E-state index contributed by atoms with van der Waals surface area (Å²) in [5.74, 6) is -0.574. The molecule has 8 nitrogen and oxygen atoms in total. The summed E-state index contributed by atoms with van der Waals surface area (Å²) in [6, 6.07) is 6.31. The van der Waals surface area contributed by atoms with Crippen molar-refractivity contribution in [2.24, 2.45) is 0 Å². The van der Waals surface area contributed by atoms with Crippen LogP contribution in [-0.2, 0) is 4.79 Å². The van der Waals surface area contributed by atoms with Crippen LogP contribution in [0, 0.1) is 0 Å². The molecule has 0 saturated carbocycles. The van der Waals surface area contributed by atoms with E-state index in [0.717, 1.165) is 4.90 Å². The van der Waals surface area contributed by atoms with Crippen molar-refractivity contribution >= 4 is 35.3 Å². The summed E-state index contributed by atoms with van der Waals surface area (Å²) < 4.78 is 0. The Kier molecular flexibility index (Phi) is 4.99. The number of fused-ring (bicyclic) bond motifs is 1. The molecule has 9 heteroatoms. The van der Waals surface area contributed by atoms with Gasteiger partial charge >= 0.3 is 6.03 Å². The van der Waals surface area contributed by atoms with Crippen LogP contribution in [0.25, 0.3) is 0 Å². The Morgan fingerprint density at radius 1 is 1.29 bits per heavy atom. The number of urea groups is 1. The van der Waals surface area contributed by atoms with Crippen LogP contribution in [0.2, 0.25) is 0 Å². The zero-order valence-corrected chi connectivity index (χ0v) is 16.1. The maximum absolute atomic E-state index is 13.0. The van der Waals surface area contributed by atoms with Gasteiger partial charge in [-0.15, -0.1) is 11.8 Å². The van der Waals surface area contributed by atoms with E-state index in [-0.39, 0.29) is 29.6 Å². The second kappa shape index (κ2) is 7.59. The van der Waals surface area contributed by atoms with Crippen molar-refractivity contribution < 1.29 is 14.4 Å². The first-order valence-electron chi connectivity index (χ1n) is 8.94. The Morgan fingerprint density at radius 2 is 2.14 bits per heavy atom. The summed E-state index contributed by atoms with van der Waals surface area (Å²) >= 11 is 1.55. The number of hydrogen-bond donors (Lipinski definition) is 1. The number of carbonyl (C=O) groups is 3. The lowest BCUT2D eigenvalue weighted by Gasteiger charge is -2.32. The number of piperidine rings is 1. The minimum absolute atomic E-state index is 0.204. The first-order valence-corrected chi connectivity index (χ1v) is 10.2. The second-order valence-corrected chi connectivity index (χ2v) is 7.53. The highest BCUT2D eigenvalue weighted by Crippen LogP contribution is 2.32. The lowest BCUT2D eigenvalue weighted by molar-refractivity contribution is -0.120. The molecule has 2 aliphatic rings. The smallest absolute Gasteiger partial charge is 0.332 e. The van der Waals surface area contributed by atoms with Crippen LogP contribution >= 0.6 is 11.8 Å². The molecule has 2 unspecified atom stereocenters. The zero-order chi connectivity index (χ0) is 19.7. The molecule has 1 aromatic heterocycles. The van der Waals surface area contributed by atoms with Crippen molar-refractivity contribution in [2.75, 3.05) is 17.7 Å². The van der Waals surface area contributed by atoms with Crippen molar-refractivity contribution in [1.29, 1.82) is 0 Å². The number of benzene rings is 1. The molecular formula is C19H19N5O3S. The number of anilines is 1. The fourth-order valence-corrected chi connectivity index (χ4v) is 4.05. The van der Waals surface area contributed by atoms with Crippen LogP contribution < -0.4 is 10.2 Å². The third kappa shape index (κ3) is 3.33. The van der Waals surface area contributed by atoms with Crippen LogP contribution in [-0.4, -0.2) is 57.6 Å². The minimum Gasteiger partial charge on any atom is -0.348 e. The van der Waals surface area contributed by atoms with E-state index < -0.39 is 6.04 Å². The van der Waals surface area contributed by atoms with Crippen LogP contribution in [0.3, 0.4) is 0 Å². The Morgan fingerprint density at radius 3 is 2.89 bits per heavy atom. The molecule has 2 atom stereocenters. The van der Waals surface area contributed by atoms with E-state index in [1.165, 1.54) is 23.5 Å². The molecule has 0 radical (unpaired) electrons. The standard InChI is InChI=1S/C19H19N5O3S/c1-28-14-4-2-3-13(10-14)24-18(26)16-9-12(5-8-23(16)19(24)27)22-17(25)15-11-20-6-7-21-15/h2-4,6-7,10-12,16H,5,8-9H2,1H3,(H,22,25). The summed E-state index contributed by atoms with van der Waals surface area (Å²) in [6.07, 6.45) is 7.26. The van der Waals surface area contributed by atoms with E-state index >= 15 is 0 Å². The van der Waals surface area contributed by atoms with Crippen LogP contribution in [0.1, 0.15) is 23.3 Å². The molecule has 1 aromatic carbocycles. The number of nitrogens with zero attached hydrogens (tertiary/aromatic N) is 4. The number of carbonyl (C=O) groups excluding carboxylic acids is 3. The lowest BCUT2D eigenvalue weighted by atomic mass is 9.98. The van der Waals surface area contributed by atoms with Gasteiger partial charge in [-0.3, -0.25) is 14.6 Å². The molecular weight excluding hydrogens is 378 g/mol. The second-order valence-electron chi connectivity index (χ2n) is 6.65. The lowest BCUT2D eigenvalue weighted by Crippen LogP contribution is -2.49. The SMILES string of the molecule is CSc1cccc(N2C(=O)C3CC(NC(=O)c4cnccn4)CCN3C2=O)c1.